The highest BCUT2D eigenvalue weighted by Crippen LogP contribution is 2.26. The summed E-state index contributed by atoms with van der Waals surface area (Å²) in [6.45, 7) is 5.57. The number of anilines is 1. The van der Waals surface area contributed by atoms with E-state index in [1.807, 2.05) is 13.8 Å². The lowest BCUT2D eigenvalue weighted by Crippen LogP contribution is -2.34. The smallest absolute Gasteiger partial charge is 0.319 e. The summed E-state index contributed by atoms with van der Waals surface area (Å²) in [6.07, 6.45) is 0. The second-order valence-corrected chi connectivity index (χ2v) is 4.78. The molecule has 0 saturated carbocycles. The fourth-order valence-electron chi connectivity index (χ4n) is 1.82. The van der Waals surface area contributed by atoms with E-state index in [9.17, 15) is 4.79 Å². The third kappa shape index (κ3) is 3.47. The first-order chi connectivity index (χ1) is 10.0. The number of urea groups is 1. The van der Waals surface area contributed by atoms with Gasteiger partial charge in [-0.1, -0.05) is 0 Å². The van der Waals surface area contributed by atoms with Crippen LogP contribution in [-0.4, -0.2) is 39.4 Å². The zero-order valence-corrected chi connectivity index (χ0v) is 12.4. The molecule has 21 heavy (non-hydrogen) atoms. The number of amides is 2. The predicted octanol–water partition coefficient (Wildman–Crippen LogP) is 1.51. The average molecular weight is 290 g/mol. The number of carbonyl (C=O) groups excluding carboxylic acids is 1. The minimum atomic E-state index is -0.269. The van der Waals surface area contributed by atoms with E-state index in [2.05, 4.69) is 26.2 Å². The molecule has 1 aromatic heterocycles. The molecular weight excluding hydrogens is 272 g/mol. The molecule has 2 N–H and O–H groups in total. The molecule has 1 aromatic carbocycles. The molecule has 0 unspecified atom stereocenters. The topological polar surface area (TPSA) is 94.0 Å². The Morgan fingerprint density at radius 1 is 1.38 bits per heavy atom. The Morgan fingerprint density at radius 2 is 2.14 bits per heavy atom. The molecule has 0 fully saturated rings. The maximum absolute atomic E-state index is 11.7. The van der Waals surface area contributed by atoms with Crippen LogP contribution < -0.4 is 15.4 Å². The number of aromatic nitrogens is 4. The summed E-state index contributed by atoms with van der Waals surface area (Å²) in [6, 6.07) is 5.05. The molecule has 0 aliphatic carbocycles. The van der Waals surface area contributed by atoms with Crippen molar-refractivity contribution in [2.24, 2.45) is 0 Å². The van der Waals surface area contributed by atoms with Crippen molar-refractivity contribution in [3.63, 3.8) is 0 Å². The van der Waals surface area contributed by atoms with Crippen molar-refractivity contribution in [2.75, 3.05) is 12.4 Å². The Labute approximate surface area is 122 Å². The van der Waals surface area contributed by atoms with Gasteiger partial charge in [-0.05, 0) is 49.4 Å². The number of benzene rings is 1. The number of aryl methyl sites for hydroxylation is 1. The third-order valence-corrected chi connectivity index (χ3v) is 2.71. The van der Waals surface area contributed by atoms with Crippen LogP contribution in [-0.2, 0) is 0 Å². The molecule has 2 amide bonds. The number of nitrogens with zero attached hydrogens (tertiary/aromatic N) is 4. The van der Waals surface area contributed by atoms with E-state index in [0.717, 1.165) is 0 Å². The Kier molecular flexibility index (Phi) is 4.36. The highest BCUT2D eigenvalue weighted by Gasteiger charge is 2.12. The van der Waals surface area contributed by atoms with E-state index in [1.165, 1.54) is 0 Å². The van der Waals surface area contributed by atoms with E-state index in [0.29, 0.717) is 22.9 Å². The summed E-state index contributed by atoms with van der Waals surface area (Å²) in [5, 5.41) is 16.9. The van der Waals surface area contributed by atoms with E-state index in [1.54, 1.807) is 36.9 Å². The molecule has 0 aliphatic rings. The molecule has 1 heterocycles. The van der Waals surface area contributed by atoms with Crippen LogP contribution in [0.3, 0.4) is 0 Å². The summed E-state index contributed by atoms with van der Waals surface area (Å²) >= 11 is 0. The van der Waals surface area contributed by atoms with Gasteiger partial charge in [0.1, 0.15) is 11.4 Å². The summed E-state index contributed by atoms with van der Waals surface area (Å²) < 4.78 is 6.85. The van der Waals surface area contributed by atoms with Crippen molar-refractivity contribution in [3.05, 3.63) is 24.0 Å². The van der Waals surface area contributed by atoms with Crippen LogP contribution in [0.1, 0.15) is 19.7 Å². The van der Waals surface area contributed by atoms with Gasteiger partial charge in [-0.2, -0.15) is 4.68 Å². The van der Waals surface area contributed by atoms with Crippen LogP contribution in [0.2, 0.25) is 0 Å². The van der Waals surface area contributed by atoms with Crippen molar-refractivity contribution in [1.82, 2.24) is 25.5 Å². The minimum Gasteiger partial charge on any atom is -0.494 e. The molecule has 8 nitrogen and oxygen atoms in total. The number of ether oxygens (including phenoxy) is 1. The first-order valence-corrected chi connectivity index (χ1v) is 6.52. The number of rotatable bonds is 4. The Morgan fingerprint density at radius 3 is 2.71 bits per heavy atom. The molecule has 0 saturated heterocycles. The van der Waals surface area contributed by atoms with E-state index in [4.69, 9.17) is 4.74 Å². The lowest BCUT2D eigenvalue weighted by atomic mass is 10.2. The number of carbonyl (C=O) groups is 1. The number of hydrogen-bond donors (Lipinski definition) is 2. The Hall–Kier alpha value is -2.64. The van der Waals surface area contributed by atoms with E-state index < -0.39 is 0 Å². The number of nitrogens with one attached hydrogen (secondary N) is 2. The van der Waals surface area contributed by atoms with Gasteiger partial charge < -0.3 is 15.4 Å². The fourth-order valence-corrected chi connectivity index (χ4v) is 1.82. The molecule has 0 aliphatic heterocycles. The summed E-state index contributed by atoms with van der Waals surface area (Å²) in [7, 11) is 1.57. The summed E-state index contributed by atoms with van der Waals surface area (Å²) in [5.41, 5.74) is 1.28. The van der Waals surface area contributed by atoms with Gasteiger partial charge in [0.15, 0.2) is 5.82 Å². The van der Waals surface area contributed by atoms with Gasteiger partial charge in [-0.3, -0.25) is 0 Å². The molecule has 0 bridgehead atoms. The van der Waals surface area contributed by atoms with Crippen molar-refractivity contribution in [1.29, 1.82) is 0 Å². The molecule has 112 valence electrons. The first-order valence-electron chi connectivity index (χ1n) is 6.52. The maximum Gasteiger partial charge on any atom is 0.319 e. The Balaban J connectivity index is 2.30. The van der Waals surface area contributed by atoms with Gasteiger partial charge in [0.05, 0.1) is 7.11 Å². The van der Waals surface area contributed by atoms with Crippen LogP contribution in [0.4, 0.5) is 10.5 Å². The quantitative estimate of drug-likeness (QED) is 0.890. The molecule has 0 radical (unpaired) electrons. The largest absolute Gasteiger partial charge is 0.494 e. The van der Waals surface area contributed by atoms with Gasteiger partial charge in [-0.25, -0.2) is 4.79 Å². The van der Waals surface area contributed by atoms with Crippen LogP contribution in [0.15, 0.2) is 18.2 Å². The average Bonchev–Trinajstić information content (AvgIpc) is 2.83. The zero-order chi connectivity index (χ0) is 15.4. The molecule has 2 aromatic rings. The number of hydrogen-bond acceptors (Lipinski definition) is 5. The summed E-state index contributed by atoms with van der Waals surface area (Å²) in [5.74, 6) is 1.23. The normalized spacial score (nSPS) is 10.5. The minimum absolute atomic E-state index is 0.0597. The van der Waals surface area contributed by atoms with Crippen LogP contribution in [0.25, 0.3) is 5.69 Å². The Bertz CT molecular complexity index is 637. The zero-order valence-electron chi connectivity index (χ0n) is 12.4. The van der Waals surface area contributed by atoms with Gasteiger partial charge in [-0.15, -0.1) is 5.10 Å². The standard InChI is InChI=1S/C13H18N6O2/c1-8(2)14-13(20)15-10-5-6-12(21-4)11(7-10)19-9(3)16-17-18-19/h5-8H,1-4H3,(H2,14,15,20). The predicted molar refractivity (Wildman–Crippen MR) is 77.7 cm³/mol. The SMILES string of the molecule is COc1ccc(NC(=O)NC(C)C)cc1-n1nnnc1C. The molecule has 2 rings (SSSR count). The number of tetrazole rings is 1. The van der Waals surface area contributed by atoms with Crippen molar-refractivity contribution in [2.45, 2.75) is 26.8 Å². The monoisotopic (exact) mass is 290 g/mol. The van der Waals surface area contributed by atoms with Crippen molar-refractivity contribution >= 4 is 11.7 Å². The first kappa shape index (κ1) is 14.8. The van der Waals surface area contributed by atoms with Crippen LogP contribution >= 0.6 is 0 Å². The fraction of sp³-hybridized carbons (Fsp3) is 0.385. The lowest BCUT2D eigenvalue weighted by molar-refractivity contribution is 0.250. The van der Waals surface area contributed by atoms with Crippen LogP contribution in [0.5, 0.6) is 5.75 Å². The second kappa shape index (κ2) is 6.21. The summed E-state index contributed by atoms with van der Waals surface area (Å²) in [4.78, 5) is 11.7. The molecular formula is C13H18N6O2. The number of methoxy groups -OCH3 is 1. The maximum atomic E-state index is 11.7. The third-order valence-electron chi connectivity index (χ3n) is 2.71. The van der Waals surface area contributed by atoms with Gasteiger partial charge in [0.25, 0.3) is 0 Å². The second-order valence-electron chi connectivity index (χ2n) is 4.78. The van der Waals surface area contributed by atoms with Gasteiger partial charge >= 0.3 is 6.03 Å². The highest BCUT2D eigenvalue weighted by molar-refractivity contribution is 5.89. The van der Waals surface area contributed by atoms with Gasteiger partial charge in [0, 0.05) is 11.7 Å². The molecule has 0 spiro atoms. The van der Waals surface area contributed by atoms with Crippen molar-refractivity contribution < 1.29 is 9.53 Å². The van der Waals surface area contributed by atoms with Crippen LogP contribution in [0, 0.1) is 6.92 Å². The van der Waals surface area contributed by atoms with E-state index in [-0.39, 0.29) is 12.1 Å². The van der Waals surface area contributed by atoms with Gasteiger partial charge in [0.2, 0.25) is 0 Å². The highest BCUT2D eigenvalue weighted by atomic mass is 16.5. The van der Waals surface area contributed by atoms with E-state index >= 15 is 0 Å². The molecule has 0 atom stereocenters. The lowest BCUT2D eigenvalue weighted by Gasteiger charge is -2.13. The molecule has 8 heteroatoms. The van der Waals surface area contributed by atoms with Crippen molar-refractivity contribution in [3.8, 4) is 11.4 Å².